The highest BCUT2D eigenvalue weighted by Gasteiger charge is 2.19. The van der Waals surface area contributed by atoms with E-state index in [9.17, 15) is 5.26 Å². The molecule has 0 atom stereocenters. The molecule has 4 heterocycles. The van der Waals surface area contributed by atoms with Crippen molar-refractivity contribution < 1.29 is 23.8 Å². The number of aldehydes is 1. The van der Waals surface area contributed by atoms with Gasteiger partial charge in [0.25, 0.3) is 0 Å². The topological polar surface area (TPSA) is 128 Å². The van der Waals surface area contributed by atoms with E-state index in [-0.39, 0.29) is 24.9 Å². The van der Waals surface area contributed by atoms with Gasteiger partial charge in [-0.3, -0.25) is 0 Å². The average molecular weight is 577 g/mol. The number of aliphatic hydroxyl groups excluding tert-OH is 1. The number of nitrogens with one attached hydrogen (secondary N) is 1. The first-order valence-corrected chi connectivity index (χ1v) is 14.0. The molecule has 0 unspecified atom stereocenters. The predicted octanol–water partition coefficient (Wildman–Crippen LogP) is 4.09. The van der Waals surface area contributed by atoms with E-state index in [1.807, 2.05) is 42.2 Å². The van der Waals surface area contributed by atoms with E-state index >= 15 is 4.39 Å². The van der Waals surface area contributed by atoms with Gasteiger partial charge in [-0.25, -0.2) is 14.4 Å². The van der Waals surface area contributed by atoms with Crippen LogP contribution >= 0.6 is 0 Å². The quantitative estimate of drug-likeness (QED) is 0.232. The number of morpholine rings is 1. The normalized spacial score (nSPS) is 17.0. The molecule has 10 nitrogen and oxygen atoms in total. The zero-order chi connectivity index (χ0) is 29.9. The molecule has 2 saturated heterocycles. The van der Waals surface area contributed by atoms with Gasteiger partial charge in [0.2, 0.25) is 0 Å². The number of H-pyrrole nitrogens is 1. The maximum Gasteiger partial charge on any atom is 0.147 e. The van der Waals surface area contributed by atoms with Crippen LogP contribution in [0.15, 0.2) is 48.5 Å². The van der Waals surface area contributed by atoms with E-state index in [2.05, 4.69) is 33.0 Å². The van der Waals surface area contributed by atoms with Gasteiger partial charge in [0.1, 0.15) is 35.9 Å². The summed E-state index contributed by atoms with van der Waals surface area (Å²) in [5, 5.41) is 17.6. The van der Waals surface area contributed by atoms with E-state index in [4.69, 9.17) is 19.4 Å². The van der Waals surface area contributed by atoms with Crippen LogP contribution in [-0.4, -0.2) is 90.4 Å². The molecule has 2 aliphatic rings. The lowest BCUT2D eigenvalue weighted by molar-refractivity contribution is -0.110. The van der Waals surface area contributed by atoms with Gasteiger partial charge in [0.05, 0.1) is 43.7 Å². The average Bonchev–Trinajstić information content (AvgIpc) is 3.46. The molecule has 0 amide bonds. The molecule has 2 N–H and O–H groups in total. The van der Waals surface area contributed by atoms with Gasteiger partial charge < -0.3 is 34.2 Å². The van der Waals surface area contributed by atoms with E-state index in [0.29, 0.717) is 49.7 Å². The van der Waals surface area contributed by atoms with Gasteiger partial charge in [-0.2, -0.15) is 5.26 Å². The Hall–Kier alpha value is -4.11. The molecule has 2 aliphatic heterocycles. The number of nitrogens with zero attached hydrogens (tertiary/aromatic N) is 5. The summed E-state index contributed by atoms with van der Waals surface area (Å²) in [6.07, 6.45) is 8.02. The summed E-state index contributed by atoms with van der Waals surface area (Å²) in [7, 11) is 2.11. The lowest BCUT2D eigenvalue weighted by Crippen LogP contribution is -2.36. The number of carbonyl (C=O) groups excluding carboxylic acids is 1. The molecule has 2 aromatic heterocycles. The molecule has 0 radical (unpaired) electrons. The standard InChI is InChI=1S/C29H33FN6O2.C2H4O2/c1-20(3-5-22(7-10-31)38-23-8-11-35(2)12-9-23)28-24-18-26(34-29(24)33-19-32-28)21-4-6-27(25(30)17-21)36-13-15-37-16-14-36;3-1-2-4/h3-6,17-19,23H,7-9,11-16H2,1-2H3,(H,32,33,34);1,4H,2H2/b20-3+,22-5+;. The summed E-state index contributed by atoms with van der Waals surface area (Å²) in [4.78, 5) is 25.4. The van der Waals surface area contributed by atoms with E-state index in [0.717, 1.165) is 53.8 Å². The highest BCUT2D eigenvalue weighted by atomic mass is 19.1. The number of halogens is 1. The largest absolute Gasteiger partial charge is 0.494 e. The van der Waals surface area contributed by atoms with Gasteiger partial charge in [0.15, 0.2) is 0 Å². The van der Waals surface area contributed by atoms with Crippen molar-refractivity contribution in [3.8, 4) is 17.3 Å². The van der Waals surface area contributed by atoms with E-state index in [1.54, 1.807) is 6.07 Å². The molecule has 0 spiro atoms. The van der Waals surface area contributed by atoms with Crippen LogP contribution in [0.1, 0.15) is 31.9 Å². The number of piperidine rings is 1. The molecule has 2 fully saturated rings. The van der Waals surface area contributed by atoms with E-state index in [1.165, 1.54) is 6.33 Å². The van der Waals surface area contributed by atoms with Gasteiger partial charge in [-0.05, 0) is 56.7 Å². The molecular weight excluding hydrogens is 539 g/mol. The highest BCUT2D eigenvalue weighted by molar-refractivity contribution is 5.91. The fourth-order valence-electron chi connectivity index (χ4n) is 4.98. The van der Waals surface area contributed by atoms with Crippen molar-refractivity contribution in [2.75, 3.05) is 57.9 Å². The fraction of sp³-hybridized carbons (Fsp3) is 0.419. The lowest BCUT2D eigenvalue weighted by Gasteiger charge is -2.29. The van der Waals surface area contributed by atoms with Crippen LogP contribution in [0.2, 0.25) is 0 Å². The Morgan fingerprint density at radius 2 is 1.95 bits per heavy atom. The van der Waals surface area contributed by atoms with Crippen molar-refractivity contribution in [1.29, 1.82) is 5.26 Å². The Morgan fingerprint density at radius 1 is 1.21 bits per heavy atom. The number of carbonyl (C=O) groups is 1. The maximum absolute atomic E-state index is 15.0. The second-order valence-corrected chi connectivity index (χ2v) is 10.2. The number of hydrogen-bond acceptors (Lipinski definition) is 9. The van der Waals surface area contributed by atoms with Crippen LogP contribution in [0.4, 0.5) is 10.1 Å². The smallest absolute Gasteiger partial charge is 0.147 e. The first-order chi connectivity index (χ1) is 20.4. The van der Waals surface area contributed by atoms with Crippen molar-refractivity contribution in [1.82, 2.24) is 19.9 Å². The summed E-state index contributed by atoms with van der Waals surface area (Å²) < 4.78 is 26.6. The molecule has 0 bridgehead atoms. The first kappa shape index (κ1) is 30.8. The minimum Gasteiger partial charge on any atom is -0.494 e. The zero-order valence-electron chi connectivity index (χ0n) is 24.1. The molecule has 0 aliphatic carbocycles. The number of aliphatic hydroxyl groups is 1. The number of rotatable bonds is 8. The molecule has 1 aromatic carbocycles. The minimum atomic E-state index is -0.361. The van der Waals surface area contributed by atoms with Crippen molar-refractivity contribution in [2.45, 2.75) is 32.3 Å². The minimum absolute atomic E-state index is 0.132. The number of ether oxygens (including phenoxy) is 2. The number of nitriles is 1. The van der Waals surface area contributed by atoms with Crippen LogP contribution in [0.3, 0.4) is 0 Å². The summed E-state index contributed by atoms with van der Waals surface area (Å²) in [5.41, 5.74) is 4.48. The molecular formula is C31H37FN6O4. The second-order valence-electron chi connectivity index (χ2n) is 10.2. The molecule has 42 heavy (non-hydrogen) atoms. The van der Waals surface area contributed by atoms with Crippen LogP contribution in [0, 0.1) is 17.1 Å². The SMILES string of the molecule is C/C(=C\C=C(/CC#N)OC1CCN(C)CC1)c1ncnc2[nH]c(-c3ccc(N4CCOCC4)c(F)c3)cc12.O=CCO. The number of hydrogen-bond donors (Lipinski definition) is 2. The second kappa shape index (κ2) is 15.2. The van der Waals surface area contributed by atoms with Gasteiger partial charge in [0, 0.05) is 42.8 Å². The fourth-order valence-corrected chi connectivity index (χ4v) is 4.98. The molecule has 11 heteroatoms. The Kier molecular flexibility index (Phi) is 11.2. The predicted molar refractivity (Wildman–Crippen MR) is 159 cm³/mol. The van der Waals surface area contributed by atoms with E-state index < -0.39 is 0 Å². The monoisotopic (exact) mass is 576 g/mol. The van der Waals surface area contributed by atoms with Crippen LogP contribution < -0.4 is 4.90 Å². The Balaban J connectivity index is 0.000000952. The van der Waals surface area contributed by atoms with Gasteiger partial charge in [-0.15, -0.1) is 0 Å². The van der Waals surface area contributed by atoms with Crippen LogP contribution in [0.5, 0.6) is 0 Å². The summed E-state index contributed by atoms with van der Waals surface area (Å²) in [6.45, 7) is 6.18. The number of allylic oxidation sites excluding steroid dienone is 4. The number of fused-ring (bicyclic) bond motifs is 1. The molecule has 5 rings (SSSR count). The van der Waals surface area contributed by atoms with Crippen molar-refractivity contribution in [3.05, 3.63) is 60.0 Å². The van der Waals surface area contributed by atoms with Gasteiger partial charge >= 0.3 is 0 Å². The number of aromatic amines is 1. The molecule has 0 saturated carbocycles. The highest BCUT2D eigenvalue weighted by Crippen LogP contribution is 2.31. The number of aromatic nitrogens is 3. The summed E-state index contributed by atoms with van der Waals surface area (Å²) >= 11 is 0. The Bertz CT molecular complexity index is 1450. The van der Waals surface area contributed by atoms with Crippen molar-refractivity contribution >= 4 is 28.6 Å². The Labute approximate surface area is 245 Å². The van der Waals surface area contributed by atoms with Crippen molar-refractivity contribution in [2.24, 2.45) is 0 Å². The molecule has 222 valence electrons. The number of likely N-dealkylation sites (tertiary alicyclic amines) is 1. The van der Waals surface area contributed by atoms with Crippen LogP contribution in [-0.2, 0) is 14.3 Å². The first-order valence-electron chi connectivity index (χ1n) is 14.0. The van der Waals surface area contributed by atoms with Gasteiger partial charge in [-0.1, -0.05) is 12.1 Å². The Morgan fingerprint density at radius 3 is 2.62 bits per heavy atom. The third kappa shape index (κ3) is 8.00. The van der Waals surface area contributed by atoms with Crippen LogP contribution in [0.25, 0.3) is 27.9 Å². The summed E-state index contributed by atoms with van der Waals surface area (Å²) in [6, 6.07) is 9.47. The van der Waals surface area contributed by atoms with Crippen molar-refractivity contribution in [3.63, 3.8) is 0 Å². The third-order valence-corrected chi connectivity index (χ3v) is 7.24. The number of benzene rings is 1. The number of anilines is 1. The third-order valence-electron chi connectivity index (χ3n) is 7.24. The lowest BCUT2D eigenvalue weighted by atomic mass is 10.1. The zero-order valence-corrected chi connectivity index (χ0v) is 24.1. The maximum atomic E-state index is 15.0. The molecule has 3 aromatic rings. The summed E-state index contributed by atoms with van der Waals surface area (Å²) in [5.74, 6) is 0.405.